The summed E-state index contributed by atoms with van der Waals surface area (Å²) in [5, 5.41) is 11.6. The van der Waals surface area contributed by atoms with Gasteiger partial charge in [0.1, 0.15) is 0 Å². The summed E-state index contributed by atoms with van der Waals surface area (Å²) in [5.41, 5.74) is 0.917. The van der Waals surface area contributed by atoms with Crippen LogP contribution in [0.3, 0.4) is 0 Å². The highest BCUT2D eigenvalue weighted by molar-refractivity contribution is 5.74. The van der Waals surface area contributed by atoms with Crippen molar-refractivity contribution in [3.05, 3.63) is 12.2 Å². The van der Waals surface area contributed by atoms with Crippen molar-refractivity contribution >= 4 is 12.0 Å². The minimum absolute atomic E-state index is 0.173. The first-order chi connectivity index (χ1) is 8.93. The van der Waals surface area contributed by atoms with Crippen LogP contribution in [0.2, 0.25) is 0 Å². The number of carbonyl (C=O) groups excluding carboxylic acids is 1. The van der Waals surface area contributed by atoms with E-state index in [2.05, 4.69) is 11.9 Å². The molecule has 0 aromatic carbocycles. The molecule has 1 fully saturated rings. The van der Waals surface area contributed by atoms with E-state index in [9.17, 15) is 9.59 Å². The number of hydrogen-bond acceptors (Lipinski definition) is 3. The highest BCUT2D eigenvalue weighted by atomic mass is 16.5. The first kappa shape index (κ1) is 15.5. The van der Waals surface area contributed by atoms with Crippen LogP contribution >= 0.6 is 0 Å². The Balaban J connectivity index is 2.34. The minimum atomic E-state index is -0.939. The molecule has 2 atom stereocenters. The number of aliphatic carboxylic acids is 1. The molecular weight excluding hydrogens is 248 g/mol. The molecule has 6 nitrogen and oxygen atoms in total. The van der Waals surface area contributed by atoms with E-state index in [0.717, 1.165) is 5.57 Å². The fraction of sp³-hybridized carbons (Fsp3) is 0.692. The molecule has 108 valence electrons. The molecule has 0 spiro atoms. The summed E-state index contributed by atoms with van der Waals surface area (Å²) in [6.45, 7) is 9.01. The lowest BCUT2D eigenvalue weighted by Crippen LogP contribution is -2.43. The Morgan fingerprint density at radius 3 is 2.63 bits per heavy atom. The van der Waals surface area contributed by atoms with Gasteiger partial charge in [-0.1, -0.05) is 12.2 Å². The predicted molar refractivity (Wildman–Crippen MR) is 71.0 cm³/mol. The van der Waals surface area contributed by atoms with Gasteiger partial charge in [0.05, 0.1) is 6.10 Å². The van der Waals surface area contributed by atoms with Crippen LogP contribution < -0.4 is 5.32 Å². The molecule has 0 aromatic rings. The fourth-order valence-corrected chi connectivity index (χ4v) is 2.00. The van der Waals surface area contributed by atoms with E-state index in [-0.39, 0.29) is 12.1 Å². The summed E-state index contributed by atoms with van der Waals surface area (Å²) in [7, 11) is 0. The van der Waals surface area contributed by atoms with Gasteiger partial charge in [0.15, 0.2) is 6.10 Å². The van der Waals surface area contributed by atoms with Crippen molar-refractivity contribution < 1.29 is 19.4 Å². The van der Waals surface area contributed by atoms with Crippen molar-refractivity contribution in [2.45, 2.75) is 38.9 Å². The van der Waals surface area contributed by atoms with E-state index in [4.69, 9.17) is 9.84 Å². The van der Waals surface area contributed by atoms with Gasteiger partial charge < -0.3 is 20.1 Å². The van der Waals surface area contributed by atoms with Gasteiger partial charge >= 0.3 is 12.0 Å². The molecule has 0 aromatic heterocycles. The van der Waals surface area contributed by atoms with Gasteiger partial charge in [-0.25, -0.2) is 9.59 Å². The normalized spacial score (nSPS) is 22.0. The SMILES string of the molecule is C=C(C)CN(CC)C(=O)NCC1CCC(C(=O)O)O1. The van der Waals surface area contributed by atoms with E-state index in [0.29, 0.717) is 32.5 Å². The van der Waals surface area contributed by atoms with Gasteiger partial charge in [-0.3, -0.25) is 0 Å². The van der Waals surface area contributed by atoms with Crippen molar-refractivity contribution in [2.24, 2.45) is 0 Å². The number of likely N-dealkylation sites (N-methyl/N-ethyl adjacent to an activating group) is 1. The van der Waals surface area contributed by atoms with Crippen LogP contribution in [0.15, 0.2) is 12.2 Å². The van der Waals surface area contributed by atoms with Gasteiger partial charge in [0.25, 0.3) is 0 Å². The lowest BCUT2D eigenvalue weighted by molar-refractivity contribution is -0.149. The second-order valence-electron chi connectivity index (χ2n) is 4.82. The molecule has 19 heavy (non-hydrogen) atoms. The molecule has 0 bridgehead atoms. The van der Waals surface area contributed by atoms with Crippen LogP contribution in [-0.2, 0) is 9.53 Å². The lowest BCUT2D eigenvalue weighted by atomic mass is 10.2. The van der Waals surface area contributed by atoms with Gasteiger partial charge in [0.2, 0.25) is 0 Å². The summed E-state index contributed by atoms with van der Waals surface area (Å²) in [6.07, 6.45) is 0.205. The third-order valence-corrected chi connectivity index (χ3v) is 2.99. The topological polar surface area (TPSA) is 78.9 Å². The third kappa shape index (κ3) is 4.90. The van der Waals surface area contributed by atoms with Crippen molar-refractivity contribution in [3.8, 4) is 0 Å². The van der Waals surface area contributed by atoms with E-state index in [1.54, 1.807) is 4.90 Å². The second kappa shape index (κ2) is 7.13. The zero-order chi connectivity index (χ0) is 14.4. The zero-order valence-corrected chi connectivity index (χ0v) is 11.5. The molecule has 1 rings (SSSR count). The predicted octanol–water partition coefficient (Wildman–Crippen LogP) is 1.23. The molecule has 1 aliphatic rings. The van der Waals surface area contributed by atoms with Crippen molar-refractivity contribution in [2.75, 3.05) is 19.6 Å². The van der Waals surface area contributed by atoms with E-state index in [1.807, 2.05) is 13.8 Å². The first-order valence-corrected chi connectivity index (χ1v) is 6.49. The Bertz CT molecular complexity index is 357. The molecule has 2 N–H and O–H groups in total. The van der Waals surface area contributed by atoms with Crippen LogP contribution in [-0.4, -0.2) is 53.8 Å². The summed E-state index contributed by atoms with van der Waals surface area (Å²) in [5.74, 6) is -0.939. The molecule has 1 aliphatic heterocycles. The molecule has 0 radical (unpaired) electrons. The number of nitrogens with zero attached hydrogens (tertiary/aromatic N) is 1. The van der Waals surface area contributed by atoms with E-state index < -0.39 is 12.1 Å². The maximum absolute atomic E-state index is 11.9. The fourth-order valence-electron chi connectivity index (χ4n) is 2.00. The number of rotatable bonds is 6. The Morgan fingerprint density at radius 2 is 2.16 bits per heavy atom. The molecule has 6 heteroatoms. The highest BCUT2D eigenvalue weighted by Crippen LogP contribution is 2.19. The largest absolute Gasteiger partial charge is 0.479 e. The number of carboxylic acids is 1. The third-order valence-electron chi connectivity index (χ3n) is 2.99. The average molecular weight is 270 g/mol. The number of ether oxygens (including phenoxy) is 1. The molecule has 2 unspecified atom stereocenters. The summed E-state index contributed by atoms with van der Waals surface area (Å²) in [6, 6.07) is -0.173. The molecule has 0 saturated carbocycles. The first-order valence-electron chi connectivity index (χ1n) is 6.49. The minimum Gasteiger partial charge on any atom is -0.479 e. The monoisotopic (exact) mass is 270 g/mol. The summed E-state index contributed by atoms with van der Waals surface area (Å²) >= 11 is 0. The second-order valence-corrected chi connectivity index (χ2v) is 4.82. The Hall–Kier alpha value is -1.56. The van der Waals surface area contributed by atoms with Crippen LogP contribution in [0.5, 0.6) is 0 Å². The zero-order valence-electron chi connectivity index (χ0n) is 11.5. The number of carbonyl (C=O) groups is 2. The number of carboxylic acid groups (broad SMARTS) is 1. The van der Waals surface area contributed by atoms with Gasteiger partial charge in [-0.05, 0) is 26.7 Å². The quantitative estimate of drug-likeness (QED) is 0.711. The average Bonchev–Trinajstić information content (AvgIpc) is 2.81. The van der Waals surface area contributed by atoms with Crippen molar-refractivity contribution in [1.29, 1.82) is 0 Å². The van der Waals surface area contributed by atoms with Crippen LogP contribution in [0.1, 0.15) is 26.7 Å². The molecular formula is C13H22N2O4. The highest BCUT2D eigenvalue weighted by Gasteiger charge is 2.30. The number of hydrogen-bond donors (Lipinski definition) is 2. The van der Waals surface area contributed by atoms with Gasteiger partial charge in [-0.2, -0.15) is 0 Å². The van der Waals surface area contributed by atoms with Gasteiger partial charge in [-0.15, -0.1) is 0 Å². The van der Waals surface area contributed by atoms with Crippen LogP contribution in [0.25, 0.3) is 0 Å². The van der Waals surface area contributed by atoms with E-state index >= 15 is 0 Å². The molecule has 1 heterocycles. The van der Waals surface area contributed by atoms with Crippen LogP contribution in [0, 0.1) is 0 Å². The Morgan fingerprint density at radius 1 is 1.47 bits per heavy atom. The number of urea groups is 1. The smallest absolute Gasteiger partial charge is 0.332 e. The Labute approximate surface area is 113 Å². The standard InChI is InChI=1S/C13H22N2O4/c1-4-15(8-9(2)3)13(18)14-7-10-5-6-11(19-10)12(16)17/h10-11H,2,4-8H2,1,3H3,(H,14,18)(H,16,17). The molecule has 0 aliphatic carbocycles. The lowest BCUT2D eigenvalue weighted by Gasteiger charge is -2.22. The molecule has 1 saturated heterocycles. The summed E-state index contributed by atoms with van der Waals surface area (Å²) in [4.78, 5) is 24.3. The van der Waals surface area contributed by atoms with Crippen molar-refractivity contribution in [3.63, 3.8) is 0 Å². The van der Waals surface area contributed by atoms with Crippen LogP contribution in [0.4, 0.5) is 4.79 Å². The summed E-state index contributed by atoms with van der Waals surface area (Å²) < 4.78 is 5.32. The Kier molecular flexibility index (Phi) is 5.82. The number of amides is 2. The van der Waals surface area contributed by atoms with E-state index in [1.165, 1.54) is 0 Å². The maximum Gasteiger partial charge on any atom is 0.332 e. The van der Waals surface area contributed by atoms with Gasteiger partial charge in [0, 0.05) is 19.6 Å². The van der Waals surface area contributed by atoms with Crippen molar-refractivity contribution in [1.82, 2.24) is 10.2 Å². The maximum atomic E-state index is 11.9. The number of nitrogens with one attached hydrogen (secondary N) is 1. The molecule has 2 amide bonds.